The number of methoxy groups -OCH3 is 2. The van der Waals surface area contributed by atoms with Crippen LogP contribution < -0.4 is 9.47 Å². The van der Waals surface area contributed by atoms with Crippen LogP contribution >= 0.6 is 0 Å². The third kappa shape index (κ3) is 4.03. The van der Waals surface area contributed by atoms with E-state index in [4.69, 9.17) is 14.2 Å². The van der Waals surface area contributed by atoms with Gasteiger partial charge in [-0.25, -0.2) is 4.79 Å². The Labute approximate surface area is 172 Å². The molecule has 1 amide bonds. The van der Waals surface area contributed by atoms with E-state index in [0.717, 1.165) is 49.5 Å². The number of cyclic esters (lactones) is 1. The van der Waals surface area contributed by atoms with Gasteiger partial charge in [0.1, 0.15) is 18.1 Å². The van der Waals surface area contributed by atoms with E-state index in [0.29, 0.717) is 13.2 Å². The molecule has 0 bridgehead atoms. The first-order valence-corrected chi connectivity index (χ1v) is 10.1. The van der Waals surface area contributed by atoms with Gasteiger partial charge in [0, 0.05) is 31.3 Å². The number of rotatable bonds is 6. The molecule has 6 heteroatoms. The summed E-state index contributed by atoms with van der Waals surface area (Å²) < 4.78 is 16.3. The van der Waals surface area contributed by atoms with Crippen molar-refractivity contribution in [1.29, 1.82) is 0 Å². The summed E-state index contributed by atoms with van der Waals surface area (Å²) in [5.74, 6) is 1.46. The van der Waals surface area contributed by atoms with Crippen molar-refractivity contribution in [2.75, 3.05) is 33.9 Å². The van der Waals surface area contributed by atoms with Crippen molar-refractivity contribution in [3.63, 3.8) is 0 Å². The van der Waals surface area contributed by atoms with Gasteiger partial charge < -0.3 is 14.2 Å². The molecule has 0 N–H and O–H groups in total. The molecule has 2 saturated heterocycles. The van der Waals surface area contributed by atoms with Crippen molar-refractivity contribution in [3.8, 4) is 11.5 Å². The number of benzene rings is 2. The highest BCUT2D eigenvalue weighted by Crippen LogP contribution is 2.37. The molecule has 2 aromatic carbocycles. The van der Waals surface area contributed by atoms with Gasteiger partial charge in [0.25, 0.3) is 0 Å². The van der Waals surface area contributed by atoms with Crippen molar-refractivity contribution >= 4 is 6.09 Å². The number of amides is 1. The van der Waals surface area contributed by atoms with Crippen molar-refractivity contribution in [1.82, 2.24) is 9.80 Å². The van der Waals surface area contributed by atoms with Gasteiger partial charge in [-0.3, -0.25) is 9.80 Å². The zero-order chi connectivity index (χ0) is 20.3. The van der Waals surface area contributed by atoms with Gasteiger partial charge in [0.15, 0.2) is 0 Å². The lowest BCUT2D eigenvalue weighted by Crippen LogP contribution is -2.53. The summed E-state index contributed by atoms with van der Waals surface area (Å²) in [7, 11) is 3.27. The molecule has 2 aliphatic rings. The van der Waals surface area contributed by atoms with Crippen LogP contribution in [0.4, 0.5) is 4.79 Å². The molecule has 2 fully saturated rings. The highest BCUT2D eigenvalue weighted by molar-refractivity contribution is 5.71. The second kappa shape index (κ2) is 8.33. The minimum Gasteiger partial charge on any atom is -0.497 e. The van der Waals surface area contributed by atoms with Crippen LogP contribution in [0.2, 0.25) is 0 Å². The molecule has 4 rings (SSSR count). The summed E-state index contributed by atoms with van der Waals surface area (Å²) in [6, 6.07) is 16.2. The van der Waals surface area contributed by atoms with Gasteiger partial charge >= 0.3 is 6.09 Å². The molecule has 29 heavy (non-hydrogen) atoms. The number of hydrogen-bond donors (Lipinski definition) is 0. The normalized spacial score (nSPS) is 18.7. The molecule has 0 atom stereocenters. The van der Waals surface area contributed by atoms with Crippen molar-refractivity contribution in [3.05, 3.63) is 59.7 Å². The van der Waals surface area contributed by atoms with Crippen LogP contribution in [0.25, 0.3) is 0 Å². The van der Waals surface area contributed by atoms with Crippen LogP contribution in [0.1, 0.15) is 24.0 Å². The van der Waals surface area contributed by atoms with E-state index in [-0.39, 0.29) is 11.6 Å². The SMILES string of the molecule is COc1ccc(CN2C(=O)OCC23CCN(Cc2ccccc2)CC3)c(OC)c1. The second-order valence-corrected chi connectivity index (χ2v) is 7.80. The summed E-state index contributed by atoms with van der Waals surface area (Å²) in [4.78, 5) is 16.9. The Balaban J connectivity index is 1.46. The quantitative estimate of drug-likeness (QED) is 0.745. The lowest BCUT2D eigenvalue weighted by molar-refractivity contribution is 0.0647. The predicted octanol–water partition coefficient (Wildman–Crippen LogP) is 3.69. The summed E-state index contributed by atoms with van der Waals surface area (Å²) in [6.45, 7) is 3.77. The number of carbonyl (C=O) groups excluding carboxylic acids is 1. The molecule has 0 unspecified atom stereocenters. The molecule has 0 radical (unpaired) electrons. The maximum Gasteiger partial charge on any atom is 0.410 e. The van der Waals surface area contributed by atoms with Gasteiger partial charge in [0.2, 0.25) is 0 Å². The van der Waals surface area contributed by atoms with Crippen LogP contribution in [-0.2, 0) is 17.8 Å². The van der Waals surface area contributed by atoms with Gasteiger partial charge in [-0.15, -0.1) is 0 Å². The summed E-state index contributed by atoms with van der Waals surface area (Å²) >= 11 is 0. The fourth-order valence-electron chi connectivity index (χ4n) is 4.31. The monoisotopic (exact) mass is 396 g/mol. The molecule has 1 spiro atoms. The molecule has 0 aromatic heterocycles. The average molecular weight is 396 g/mol. The fourth-order valence-corrected chi connectivity index (χ4v) is 4.31. The Bertz CT molecular complexity index is 847. The molecule has 2 heterocycles. The van der Waals surface area contributed by atoms with E-state index in [9.17, 15) is 4.79 Å². The minimum absolute atomic E-state index is 0.237. The van der Waals surface area contributed by atoms with E-state index in [2.05, 4.69) is 29.2 Å². The van der Waals surface area contributed by atoms with E-state index >= 15 is 0 Å². The van der Waals surface area contributed by atoms with Crippen molar-refractivity contribution in [2.24, 2.45) is 0 Å². The molecule has 2 aromatic rings. The van der Waals surface area contributed by atoms with E-state index in [1.165, 1.54) is 5.56 Å². The first kappa shape index (κ1) is 19.6. The number of hydrogen-bond acceptors (Lipinski definition) is 5. The number of likely N-dealkylation sites (tertiary alicyclic amines) is 1. The third-order valence-electron chi connectivity index (χ3n) is 6.12. The minimum atomic E-state index is -0.241. The zero-order valence-corrected chi connectivity index (χ0v) is 17.1. The summed E-state index contributed by atoms with van der Waals surface area (Å²) in [5, 5.41) is 0. The smallest absolute Gasteiger partial charge is 0.410 e. The van der Waals surface area contributed by atoms with Crippen LogP contribution in [0.5, 0.6) is 11.5 Å². The largest absolute Gasteiger partial charge is 0.497 e. The Morgan fingerprint density at radius 3 is 2.45 bits per heavy atom. The van der Waals surface area contributed by atoms with Crippen molar-refractivity contribution in [2.45, 2.75) is 31.5 Å². The lowest BCUT2D eigenvalue weighted by atomic mass is 9.86. The van der Waals surface area contributed by atoms with Crippen LogP contribution in [-0.4, -0.2) is 55.3 Å². The maximum atomic E-state index is 12.6. The highest BCUT2D eigenvalue weighted by atomic mass is 16.6. The number of ether oxygens (including phenoxy) is 3. The number of nitrogens with zero attached hydrogens (tertiary/aromatic N) is 2. The Hall–Kier alpha value is -2.73. The van der Waals surface area contributed by atoms with Gasteiger partial charge in [-0.1, -0.05) is 30.3 Å². The zero-order valence-electron chi connectivity index (χ0n) is 17.1. The average Bonchev–Trinajstić information content (AvgIpc) is 3.06. The topological polar surface area (TPSA) is 51.2 Å². The molecule has 0 saturated carbocycles. The number of piperidine rings is 1. The highest BCUT2D eigenvalue weighted by Gasteiger charge is 2.49. The summed E-state index contributed by atoms with van der Waals surface area (Å²) in [5.41, 5.74) is 2.04. The fraction of sp³-hybridized carbons (Fsp3) is 0.435. The van der Waals surface area contributed by atoms with Gasteiger partial charge in [0.05, 0.1) is 26.3 Å². The molecular weight excluding hydrogens is 368 g/mol. The Morgan fingerprint density at radius 2 is 1.76 bits per heavy atom. The molecule has 0 aliphatic carbocycles. The van der Waals surface area contributed by atoms with E-state index < -0.39 is 0 Å². The number of carbonyl (C=O) groups is 1. The molecule has 6 nitrogen and oxygen atoms in total. The van der Waals surface area contributed by atoms with Crippen LogP contribution in [0.15, 0.2) is 48.5 Å². The van der Waals surface area contributed by atoms with Crippen LogP contribution in [0.3, 0.4) is 0 Å². The lowest BCUT2D eigenvalue weighted by Gasteiger charge is -2.42. The Kier molecular flexibility index (Phi) is 5.62. The molecule has 2 aliphatic heterocycles. The summed E-state index contributed by atoms with van der Waals surface area (Å²) in [6.07, 6.45) is 1.58. The first-order valence-electron chi connectivity index (χ1n) is 10.1. The van der Waals surface area contributed by atoms with E-state index in [1.807, 2.05) is 29.2 Å². The standard InChI is InChI=1S/C23H28N2O4/c1-27-20-9-8-19(21(14-20)28-2)16-25-22(26)29-17-23(25)10-12-24(13-11-23)15-18-6-4-3-5-7-18/h3-9,14H,10-13,15-17H2,1-2H3. The van der Waals surface area contributed by atoms with Crippen molar-refractivity contribution < 1.29 is 19.0 Å². The van der Waals surface area contributed by atoms with E-state index in [1.54, 1.807) is 14.2 Å². The Morgan fingerprint density at radius 1 is 1.00 bits per heavy atom. The second-order valence-electron chi connectivity index (χ2n) is 7.80. The predicted molar refractivity (Wildman–Crippen MR) is 110 cm³/mol. The van der Waals surface area contributed by atoms with Gasteiger partial charge in [-0.2, -0.15) is 0 Å². The molecular formula is C23H28N2O4. The van der Waals surface area contributed by atoms with Gasteiger partial charge in [-0.05, 0) is 30.5 Å². The first-order chi connectivity index (χ1) is 14.1. The van der Waals surface area contributed by atoms with Crippen LogP contribution in [0, 0.1) is 0 Å². The third-order valence-corrected chi connectivity index (χ3v) is 6.12. The maximum absolute atomic E-state index is 12.6. The molecule has 154 valence electrons.